The number of sulfone groups is 1. The van der Waals surface area contributed by atoms with Crippen LogP contribution in [0.1, 0.15) is 19.3 Å². The first kappa shape index (κ1) is 18.9. The van der Waals surface area contributed by atoms with Crippen LogP contribution in [0.2, 0.25) is 0 Å². The number of rotatable bonds is 4. The van der Waals surface area contributed by atoms with Gasteiger partial charge in [-0.05, 0) is 43.8 Å². The Hall–Kier alpha value is -1.48. The minimum atomic E-state index is -3.61. The van der Waals surface area contributed by atoms with Crippen LogP contribution in [0, 0.1) is 0 Å². The van der Waals surface area contributed by atoms with Gasteiger partial charge >= 0.3 is 0 Å². The molecule has 0 bridgehead atoms. The average molecular weight is 409 g/mol. The minimum absolute atomic E-state index is 0.0885. The summed E-state index contributed by atoms with van der Waals surface area (Å²) in [5.41, 5.74) is 0. The predicted octanol–water partition coefficient (Wildman–Crippen LogP) is 1.77. The smallest absolute Gasteiger partial charge is 0.241 e. The third kappa shape index (κ3) is 4.03. The highest BCUT2D eigenvalue weighted by atomic mass is 32.2. The molecular weight excluding hydrogens is 384 g/mol. The van der Waals surface area contributed by atoms with Gasteiger partial charge in [0.1, 0.15) is 0 Å². The average Bonchev–Trinajstić information content (AvgIpc) is 3.01. The molecule has 1 atom stereocenters. The van der Waals surface area contributed by atoms with Gasteiger partial charge in [-0.25, -0.2) is 21.6 Å². The molecular formula is C19H24N2O4S2. The fourth-order valence-corrected chi connectivity index (χ4v) is 7.45. The number of piperidine rings is 1. The minimum Gasteiger partial charge on any atom is -0.299 e. The molecule has 2 aliphatic rings. The van der Waals surface area contributed by atoms with Crippen molar-refractivity contribution in [3.05, 3.63) is 42.5 Å². The van der Waals surface area contributed by atoms with E-state index in [0.717, 1.165) is 23.9 Å². The first-order valence-electron chi connectivity index (χ1n) is 9.29. The van der Waals surface area contributed by atoms with Crippen LogP contribution in [0.5, 0.6) is 0 Å². The Morgan fingerprint density at radius 1 is 0.963 bits per heavy atom. The Bertz CT molecular complexity index is 1040. The van der Waals surface area contributed by atoms with Crippen molar-refractivity contribution in [2.75, 3.05) is 24.6 Å². The van der Waals surface area contributed by atoms with E-state index in [2.05, 4.69) is 9.62 Å². The Labute approximate surface area is 160 Å². The quantitative estimate of drug-likeness (QED) is 0.834. The Balaban J connectivity index is 1.44. The van der Waals surface area contributed by atoms with Crippen LogP contribution in [0.3, 0.4) is 0 Å². The molecule has 4 rings (SSSR count). The van der Waals surface area contributed by atoms with Gasteiger partial charge in [0, 0.05) is 17.5 Å². The molecule has 1 N–H and O–H groups in total. The molecule has 2 fully saturated rings. The van der Waals surface area contributed by atoms with Crippen molar-refractivity contribution in [3.8, 4) is 0 Å². The van der Waals surface area contributed by atoms with Gasteiger partial charge in [0.05, 0.1) is 16.4 Å². The van der Waals surface area contributed by atoms with Crippen LogP contribution >= 0.6 is 0 Å². The summed E-state index contributed by atoms with van der Waals surface area (Å²) in [6.45, 7) is 1.45. The molecule has 27 heavy (non-hydrogen) atoms. The number of likely N-dealkylation sites (tertiary alicyclic amines) is 1. The highest BCUT2D eigenvalue weighted by molar-refractivity contribution is 7.91. The molecule has 6 nitrogen and oxygen atoms in total. The summed E-state index contributed by atoms with van der Waals surface area (Å²) in [5.74, 6) is 0.505. The van der Waals surface area contributed by atoms with E-state index in [4.69, 9.17) is 0 Å². The summed E-state index contributed by atoms with van der Waals surface area (Å²) in [7, 11) is -6.50. The van der Waals surface area contributed by atoms with E-state index >= 15 is 0 Å². The van der Waals surface area contributed by atoms with Crippen molar-refractivity contribution >= 4 is 30.6 Å². The van der Waals surface area contributed by atoms with Crippen molar-refractivity contribution < 1.29 is 16.8 Å². The summed E-state index contributed by atoms with van der Waals surface area (Å²) in [6, 6.07) is 12.7. The van der Waals surface area contributed by atoms with Crippen molar-refractivity contribution in [2.24, 2.45) is 0 Å². The van der Waals surface area contributed by atoms with E-state index in [0.29, 0.717) is 24.2 Å². The van der Waals surface area contributed by atoms with Gasteiger partial charge in [0.2, 0.25) is 10.0 Å². The topological polar surface area (TPSA) is 83.6 Å². The second kappa shape index (κ2) is 7.16. The number of hydrogen-bond donors (Lipinski definition) is 1. The molecule has 2 heterocycles. The van der Waals surface area contributed by atoms with Gasteiger partial charge in [0.25, 0.3) is 0 Å². The molecule has 8 heteroatoms. The fraction of sp³-hybridized carbons (Fsp3) is 0.474. The first-order chi connectivity index (χ1) is 12.8. The molecule has 0 aromatic heterocycles. The van der Waals surface area contributed by atoms with E-state index in [9.17, 15) is 16.8 Å². The molecule has 2 aliphatic heterocycles. The summed E-state index contributed by atoms with van der Waals surface area (Å²) in [4.78, 5) is 2.51. The Morgan fingerprint density at radius 2 is 1.67 bits per heavy atom. The molecule has 0 spiro atoms. The second-order valence-electron chi connectivity index (χ2n) is 7.47. The van der Waals surface area contributed by atoms with E-state index in [1.165, 1.54) is 0 Å². The molecule has 2 saturated heterocycles. The van der Waals surface area contributed by atoms with E-state index < -0.39 is 19.9 Å². The lowest BCUT2D eigenvalue weighted by atomic mass is 10.0. The summed E-state index contributed by atoms with van der Waals surface area (Å²) in [5, 5.41) is 1.62. The van der Waals surface area contributed by atoms with Gasteiger partial charge in [-0.1, -0.05) is 36.4 Å². The SMILES string of the molecule is O=S1(=O)CCC(N2CCC(NS(=O)(=O)c3cccc4ccccc34)CC2)C1. The van der Waals surface area contributed by atoms with Gasteiger partial charge in [0.15, 0.2) is 9.84 Å². The van der Waals surface area contributed by atoms with Crippen LogP contribution in [-0.2, 0) is 19.9 Å². The molecule has 0 saturated carbocycles. The van der Waals surface area contributed by atoms with Gasteiger partial charge in [-0.2, -0.15) is 0 Å². The maximum Gasteiger partial charge on any atom is 0.241 e. The van der Waals surface area contributed by atoms with Crippen molar-refractivity contribution in [3.63, 3.8) is 0 Å². The first-order valence-corrected chi connectivity index (χ1v) is 12.6. The normalized spacial score (nSPS) is 24.4. The molecule has 0 aliphatic carbocycles. The number of hydrogen-bond acceptors (Lipinski definition) is 5. The Morgan fingerprint density at radius 3 is 2.37 bits per heavy atom. The molecule has 1 unspecified atom stereocenters. The zero-order valence-electron chi connectivity index (χ0n) is 15.0. The summed E-state index contributed by atoms with van der Waals surface area (Å²) < 4.78 is 52.1. The van der Waals surface area contributed by atoms with Gasteiger partial charge in [-0.15, -0.1) is 0 Å². The highest BCUT2D eigenvalue weighted by Crippen LogP contribution is 2.25. The highest BCUT2D eigenvalue weighted by Gasteiger charge is 2.34. The standard InChI is InChI=1S/C19H24N2O4S2/c22-26(23)13-10-17(14-26)21-11-8-16(9-12-21)20-27(24,25)19-7-3-5-15-4-1-2-6-18(15)19/h1-7,16-17,20H,8-14H2. The fourth-order valence-electron chi connectivity index (χ4n) is 4.16. The van der Waals surface area contributed by atoms with Crippen LogP contribution < -0.4 is 4.72 Å². The number of benzene rings is 2. The lowest BCUT2D eigenvalue weighted by Gasteiger charge is -2.35. The monoisotopic (exact) mass is 408 g/mol. The lowest BCUT2D eigenvalue weighted by molar-refractivity contribution is 0.161. The van der Waals surface area contributed by atoms with Crippen LogP contribution in [0.4, 0.5) is 0 Å². The van der Waals surface area contributed by atoms with Crippen LogP contribution in [0.25, 0.3) is 10.8 Å². The van der Waals surface area contributed by atoms with E-state index in [-0.39, 0.29) is 23.6 Å². The summed E-state index contributed by atoms with van der Waals surface area (Å²) in [6.07, 6.45) is 2.08. The lowest BCUT2D eigenvalue weighted by Crippen LogP contribution is -2.48. The molecule has 0 amide bonds. The molecule has 2 aromatic rings. The third-order valence-corrected chi connectivity index (χ3v) is 8.94. The van der Waals surface area contributed by atoms with Crippen molar-refractivity contribution in [1.82, 2.24) is 9.62 Å². The third-order valence-electron chi connectivity index (χ3n) is 5.62. The van der Waals surface area contributed by atoms with E-state index in [1.54, 1.807) is 12.1 Å². The number of nitrogens with one attached hydrogen (secondary N) is 1. The van der Waals surface area contributed by atoms with Crippen LogP contribution in [0.15, 0.2) is 47.4 Å². The van der Waals surface area contributed by atoms with E-state index in [1.807, 2.05) is 30.3 Å². The zero-order valence-corrected chi connectivity index (χ0v) is 16.7. The maximum absolute atomic E-state index is 12.9. The Kier molecular flexibility index (Phi) is 5.00. The van der Waals surface area contributed by atoms with Crippen molar-refractivity contribution in [2.45, 2.75) is 36.2 Å². The molecule has 146 valence electrons. The van der Waals surface area contributed by atoms with Gasteiger partial charge in [-0.3, -0.25) is 4.90 Å². The second-order valence-corrected chi connectivity index (χ2v) is 11.4. The zero-order chi connectivity index (χ0) is 19.1. The number of fused-ring (bicyclic) bond motifs is 1. The summed E-state index contributed by atoms with van der Waals surface area (Å²) >= 11 is 0. The number of nitrogens with zero attached hydrogens (tertiary/aromatic N) is 1. The number of sulfonamides is 1. The van der Waals surface area contributed by atoms with Gasteiger partial charge < -0.3 is 0 Å². The van der Waals surface area contributed by atoms with Crippen molar-refractivity contribution in [1.29, 1.82) is 0 Å². The molecule has 2 aromatic carbocycles. The van der Waals surface area contributed by atoms with Crippen LogP contribution in [-0.4, -0.2) is 58.4 Å². The largest absolute Gasteiger partial charge is 0.299 e. The molecule has 0 radical (unpaired) electrons. The predicted molar refractivity (Wildman–Crippen MR) is 106 cm³/mol. The maximum atomic E-state index is 12.9.